The zero-order valence-corrected chi connectivity index (χ0v) is 21.6. The number of hydrogen-bond donors (Lipinski definition) is 3. The third-order valence-electron chi connectivity index (χ3n) is 6.57. The Morgan fingerprint density at radius 1 is 1.06 bits per heavy atom. The number of aromatic hydroxyl groups is 1. The van der Waals surface area contributed by atoms with Crippen molar-refractivity contribution in [1.82, 2.24) is 4.57 Å². The number of quaternary nitrogens is 1. The molecule has 0 saturated carbocycles. The third kappa shape index (κ3) is 5.21. The minimum absolute atomic E-state index is 0.100. The van der Waals surface area contributed by atoms with Crippen molar-refractivity contribution in [3.63, 3.8) is 0 Å². The number of thiocarbonyl (C=S) groups is 1. The van der Waals surface area contributed by atoms with E-state index in [1.54, 1.807) is 0 Å². The van der Waals surface area contributed by atoms with Gasteiger partial charge in [-0.2, -0.15) is 0 Å². The predicted octanol–water partition coefficient (Wildman–Crippen LogP) is 5.15. The van der Waals surface area contributed by atoms with Crippen LogP contribution in [-0.2, 0) is 6.67 Å². The molecule has 1 aromatic heterocycles. The Kier molecular flexibility index (Phi) is 7.18. The summed E-state index contributed by atoms with van der Waals surface area (Å²) in [7, 11) is 0. The van der Waals surface area contributed by atoms with Gasteiger partial charge in [-0.25, -0.2) is 0 Å². The maximum absolute atomic E-state index is 11.2. The van der Waals surface area contributed by atoms with E-state index in [4.69, 9.17) is 23.8 Å². The van der Waals surface area contributed by atoms with E-state index in [1.165, 1.54) is 4.90 Å². The highest BCUT2D eigenvalue weighted by Gasteiger charge is 2.24. The number of aryl methyl sites for hydroxylation is 1. The maximum Gasteiger partial charge on any atom is 0.225 e. The summed E-state index contributed by atoms with van der Waals surface area (Å²) < 4.78 is 1.92. The fraction of sp³-hybridized carbons (Fsp3) is 0.222. The number of rotatable bonds is 5. The van der Waals surface area contributed by atoms with Crippen LogP contribution in [0, 0.1) is 6.92 Å². The molecule has 1 aliphatic heterocycles. The van der Waals surface area contributed by atoms with Crippen molar-refractivity contribution in [2.45, 2.75) is 13.6 Å². The molecule has 1 aliphatic rings. The van der Waals surface area contributed by atoms with Crippen molar-refractivity contribution < 1.29 is 10.0 Å². The van der Waals surface area contributed by atoms with Gasteiger partial charge >= 0.3 is 0 Å². The van der Waals surface area contributed by atoms with Gasteiger partial charge in [0.05, 0.1) is 31.7 Å². The first-order valence-electron chi connectivity index (χ1n) is 11.9. The van der Waals surface area contributed by atoms with Gasteiger partial charge in [-0.3, -0.25) is 4.57 Å². The number of piperazine rings is 1. The highest BCUT2D eigenvalue weighted by molar-refractivity contribution is 7.80. The Hall–Kier alpha value is -3.46. The molecule has 2 heterocycles. The SMILES string of the molecule is Cc1ccccc1NC(=S)N=Nc1c(O)n(C[NH+]2CCN(c3cccc(Cl)c3)CC2)c2ccccc12. The normalized spacial score (nSPS) is 14.6. The van der Waals surface area contributed by atoms with Crippen LogP contribution in [-0.4, -0.2) is 41.0 Å². The number of halogens is 1. The highest BCUT2D eigenvalue weighted by atomic mass is 35.5. The molecule has 0 aliphatic carbocycles. The second-order valence-electron chi connectivity index (χ2n) is 8.94. The number of fused-ring (bicyclic) bond motifs is 1. The quantitative estimate of drug-likeness (QED) is 0.252. The van der Waals surface area contributed by atoms with Gasteiger partial charge in [0.1, 0.15) is 0 Å². The molecule has 184 valence electrons. The average Bonchev–Trinajstić information content (AvgIpc) is 3.15. The van der Waals surface area contributed by atoms with Gasteiger partial charge < -0.3 is 20.2 Å². The van der Waals surface area contributed by atoms with Gasteiger partial charge in [0.25, 0.3) is 0 Å². The molecule has 0 atom stereocenters. The van der Waals surface area contributed by atoms with Crippen LogP contribution in [0.4, 0.5) is 17.1 Å². The van der Waals surface area contributed by atoms with Gasteiger partial charge in [-0.15, -0.1) is 10.2 Å². The number of nitrogens with zero attached hydrogens (tertiary/aromatic N) is 4. The molecule has 0 unspecified atom stereocenters. The van der Waals surface area contributed by atoms with E-state index < -0.39 is 0 Å². The van der Waals surface area contributed by atoms with Gasteiger partial charge in [0.2, 0.25) is 11.0 Å². The van der Waals surface area contributed by atoms with Gasteiger partial charge in [-0.05, 0) is 55.0 Å². The van der Waals surface area contributed by atoms with E-state index in [0.29, 0.717) is 12.4 Å². The zero-order valence-electron chi connectivity index (χ0n) is 20.0. The summed E-state index contributed by atoms with van der Waals surface area (Å²) in [6.45, 7) is 6.36. The second-order valence-corrected chi connectivity index (χ2v) is 9.76. The van der Waals surface area contributed by atoms with Crippen molar-refractivity contribution in [2.75, 3.05) is 36.4 Å². The van der Waals surface area contributed by atoms with E-state index in [-0.39, 0.29) is 11.0 Å². The number of hydrogen-bond acceptors (Lipinski definition) is 4. The molecule has 4 aromatic rings. The lowest BCUT2D eigenvalue weighted by atomic mass is 10.2. The van der Waals surface area contributed by atoms with Crippen molar-refractivity contribution in [3.8, 4) is 5.88 Å². The average molecular weight is 520 g/mol. The lowest BCUT2D eigenvalue weighted by molar-refractivity contribution is -0.923. The van der Waals surface area contributed by atoms with E-state index >= 15 is 0 Å². The van der Waals surface area contributed by atoms with Gasteiger partial charge in [-0.1, -0.05) is 54.1 Å². The minimum atomic E-state index is 0.100. The number of benzene rings is 3. The molecule has 1 saturated heterocycles. The number of para-hydroxylation sites is 2. The monoisotopic (exact) mass is 519 g/mol. The maximum atomic E-state index is 11.2. The molecule has 9 heteroatoms. The zero-order chi connectivity index (χ0) is 25.1. The summed E-state index contributed by atoms with van der Waals surface area (Å²) in [5.41, 5.74) is 4.44. The van der Waals surface area contributed by atoms with Crippen LogP contribution in [0.25, 0.3) is 10.9 Å². The third-order valence-corrected chi connectivity index (χ3v) is 6.99. The second kappa shape index (κ2) is 10.7. The first-order valence-corrected chi connectivity index (χ1v) is 12.7. The van der Waals surface area contributed by atoms with Crippen LogP contribution in [0.3, 0.4) is 0 Å². The molecule has 5 rings (SSSR count). The summed E-state index contributed by atoms with van der Waals surface area (Å²) in [5.74, 6) is 0.100. The Morgan fingerprint density at radius 2 is 1.81 bits per heavy atom. The lowest BCUT2D eigenvalue weighted by Crippen LogP contribution is -3.14. The molecular weight excluding hydrogens is 492 g/mol. The predicted molar refractivity (Wildman–Crippen MR) is 150 cm³/mol. The molecular formula is C27H28ClN6OS+. The molecule has 3 aromatic carbocycles. The fourth-order valence-electron chi connectivity index (χ4n) is 4.61. The molecule has 0 spiro atoms. The molecule has 0 radical (unpaired) electrons. The standard InChI is InChI=1S/C27H27ClN6OS/c1-19-7-2-4-11-23(19)29-27(36)31-30-25-22-10-3-5-12-24(22)34(26(25)35)18-32-13-15-33(16-14-32)21-9-6-8-20(28)17-21/h2-12,17,35H,13-16,18H2,1H3,(H,29,36)/p+1. The number of nitrogens with one attached hydrogen (secondary N) is 2. The minimum Gasteiger partial charge on any atom is -0.493 e. The molecule has 7 nitrogen and oxygen atoms in total. The van der Waals surface area contributed by atoms with Crippen molar-refractivity contribution in [1.29, 1.82) is 0 Å². The van der Waals surface area contributed by atoms with E-state index in [0.717, 1.165) is 59.0 Å². The molecule has 1 fully saturated rings. The summed E-state index contributed by atoms with van der Waals surface area (Å²) in [6, 6.07) is 23.7. The Balaban J connectivity index is 1.32. The van der Waals surface area contributed by atoms with Gasteiger partial charge in [0, 0.05) is 21.8 Å². The number of aromatic nitrogens is 1. The van der Waals surface area contributed by atoms with Crippen molar-refractivity contribution >= 4 is 56.9 Å². The van der Waals surface area contributed by atoms with E-state index in [2.05, 4.69) is 26.5 Å². The lowest BCUT2D eigenvalue weighted by Gasteiger charge is -2.34. The Morgan fingerprint density at radius 3 is 2.58 bits per heavy atom. The fourth-order valence-corrected chi connectivity index (χ4v) is 4.95. The highest BCUT2D eigenvalue weighted by Crippen LogP contribution is 2.38. The van der Waals surface area contributed by atoms with Crippen LogP contribution in [0.5, 0.6) is 5.88 Å². The van der Waals surface area contributed by atoms with E-state index in [9.17, 15) is 5.11 Å². The van der Waals surface area contributed by atoms with Crippen LogP contribution in [0.2, 0.25) is 5.02 Å². The summed E-state index contributed by atoms with van der Waals surface area (Å²) in [6.07, 6.45) is 0. The Labute approximate surface area is 220 Å². The molecule has 36 heavy (non-hydrogen) atoms. The van der Waals surface area contributed by atoms with Crippen LogP contribution in [0.1, 0.15) is 5.56 Å². The Bertz CT molecular complexity index is 1430. The molecule has 0 bridgehead atoms. The van der Waals surface area contributed by atoms with Crippen LogP contribution < -0.4 is 15.1 Å². The van der Waals surface area contributed by atoms with Crippen LogP contribution in [0.15, 0.2) is 83.0 Å². The first kappa shape index (κ1) is 24.2. The summed E-state index contributed by atoms with van der Waals surface area (Å²) in [4.78, 5) is 3.73. The largest absolute Gasteiger partial charge is 0.493 e. The van der Waals surface area contributed by atoms with Gasteiger partial charge in [0.15, 0.2) is 12.4 Å². The summed E-state index contributed by atoms with van der Waals surface area (Å²) in [5, 5.41) is 24.7. The number of azo groups is 1. The smallest absolute Gasteiger partial charge is 0.225 e. The van der Waals surface area contributed by atoms with Crippen LogP contribution >= 0.6 is 23.8 Å². The first-order chi connectivity index (χ1) is 17.5. The topological polar surface area (TPSA) is 69.6 Å². The van der Waals surface area contributed by atoms with Crippen molar-refractivity contribution in [3.05, 3.63) is 83.4 Å². The number of anilines is 2. The molecule has 0 amide bonds. The van der Waals surface area contributed by atoms with E-state index in [1.807, 2.05) is 78.2 Å². The van der Waals surface area contributed by atoms with Crippen molar-refractivity contribution in [2.24, 2.45) is 10.2 Å². The molecule has 3 N–H and O–H groups in total. The summed E-state index contributed by atoms with van der Waals surface area (Å²) >= 11 is 11.6.